The maximum absolute atomic E-state index is 13.4. The van der Waals surface area contributed by atoms with Gasteiger partial charge in [-0.05, 0) is 56.9 Å². The van der Waals surface area contributed by atoms with Gasteiger partial charge in [0.05, 0.1) is 23.7 Å². The minimum Gasteiger partial charge on any atom is -0.368 e. The van der Waals surface area contributed by atoms with Crippen LogP contribution in [-0.4, -0.2) is 61.4 Å². The molecule has 1 aliphatic heterocycles. The van der Waals surface area contributed by atoms with Crippen LogP contribution in [0.4, 0.5) is 5.69 Å². The zero-order valence-corrected chi connectivity index (χ0v) is 21.7. The van der Waals surface area contributed by atoms with Crippen molar-refractivity contribution in [2.75, 3.05) is 24.5 Å². The first-order valence-electron chi connectivity index (χ1n) is 13.6. The van der Waals surface area contributed by atoms with Gasteiger partial charge in [0, 0.05) is 43.2 Å². The second-order valence-corrected chi connectivity index (χ2v) is 10.4. The van der Waals surface area contributed by atoms with Gasteiger partial charge in [-0.25, -0.2) is 4.98 Å². The average Bonchev–Trinajstić information content (AvgIpc) is 3.46. The van der Waals surface area contributed by atoms with Crippen LogP contribution in [0.2, 0.25) is 0 Å². The molecular weight excluding hydrogens is 462 g/mol. The predicted molar refractivity (Wildman–Crippen MR) is 145 cm³/mol. The Morgan fingerprint density at radius 2 is 1.95 bits per heavy atom. The standard InChI is InChI=1S/C29H35N7O/c1-3-36-26-13-12-23(17-25(26)29(33-36)22-10-7-11-22)34-14-15-35(28(37)18-27-30-20(2)31-32-27)24(19-34)16-21-8-5-4-6-9-21/h4-6,8-9,12-13,17,22,24H,3,7,10-11,14-16,18-19H2,1-2H3,(H,30,31,32). The van der Waals surface area contributed by atoms with E-state index in [0.717, 1.165) is 31.9 Å². The van der Waals surface area contributed by atoms with Gasteiger partial charge < -0.3 is 9.80 Å². The third kappa shape index (κ3) is 4.72. The van der Waals surface area contributed by atoms with E-state index in [0.29, 0.717) is 18.3 Å². The number of H-pyrrole nitrogens is 1. The van der Waals surface area contributed by atoms with E-state index in [1.54, 1.807) is 0 Å². The van der Waals surface area contributed by atoms with E-state index in [1.165, 1.54) is 47.1 Å². The first-order valence-corrected chi connectivity index (χ1v) is 13.6. The number of nitrogens with one attached hydrogen (secondary N) is 1. The molecule has 37 heavy (non-hydrogen) atoms. The molecule has 1 unspecified atom stereocenters. The number of aryl methyl sites for hydroxylation is 2. The number of amides is 1. The summed E-state index contributed by atoms with van der Waals surface area (Å²) in [7, 11) is 0. The van der Waals surface area contributed by atoms with E-state index >= 15 is 0 Å². The first-order chi connectivity index (χ1) is 18.1. The molecule has 6 rings (SSSR count). The Hall–Kier alpha value is -3.68. The smallest absolute Gasteiger partial charge is 0.230 e. The molecule has 0 bridgehead atoms. The zero-order valence-electron chi connectivity index (χ0n) is 21.7. The van der Waals surface area contributed by atoms with Crippen molar-refractivity contribution >= 4 is 22.5 Å². The largest absolute Gasteiger partial charge is 0.368 e. The van der Waals surface area contributed by atoms with Crippen LogP contribution in [0.1, 0.15) is 55.0 Å². The Kier molecular flexibility index (Phi) is 6.40. The molecule has 1 amide bonds. The fraction of sp³-hybridized carbons (Fsp3) is 0.448. The number of aromatic nitrogens is 5. The van der Waals surface area contributed by atoms with Crippen LogP contribution in [0, 0.1) is 6.92 Å². The van der Waals surface area contributed by atoms with Crippen LogP contribution in [0.25, 0.3) is 10.9 Å². The number of benzene rings is 2. The van der Waals surface area contributed by atoms with Crippen molar-refractivity contribution < 1.29 is 4.79 Å². The van der Waals surface area contributed by atoms with Gasteiger partial charge in [-0.15, -0.1) is 0 Å². The number of aromatic amines is 1. The lowest BCUT2D eigenvalue weighted by molar-refractivity contribution is -0.133. The first kappa shape index (κ1) is 23.7. The van der Waals surface area contributed by atoms with Gasteiger partial charge in [0.25, 0.3) is 0 Å². The highest BCUT2D eigenvalue weighted by Crippen LogP contribution is 2.40. The van der Waals surface area contributed by atoms with E-state index in [9.17, 15) is 4.79 Å². The van der Waals surface area contributed by atoms with E-state index in [1.807, 2.05) is 17.9 Å². The molecule has 2 aromatic carbocycles. The van der Waals surface area contributed by atoms with Crippen LogP contribution in [0.15, 0.2) is 48.5 Å². The van der Waals surface area contributed by atoms with Crippen molar-refractivity contribution in [1.82, 2.24) is 29.9 Å². The van der Waals surface area contributed by atoms with Gasteiger partial charge in [-0.1, -0.05) is 36.8 Å². The highest BCUT2D eigenvalue weighted by molar-refractivity contribution is 5.86. The number of carbonyl (C=O) groups is 1. The van der Waals surface area contributed by atoms with Gasteiger partial charge in [0.1, 0.15) is 5.82 Å². The van der Waals surface area contributed by atoms with Crippen molar-refractivity contribution in [2.24, 2.45) is 0 Å². The third-order valence-electron chi connectivity index (χ3n) is 7.99. The molecular formula is C29H35N7O. The van der Waals surface area contributed by atoms with E-state index in [-0.39, 0.29) is 18.4 Å². The average molecular weight is 498 g/mol. The van der Waals surface area contributed by atoms with Crippen molar-refractivity contribution in [1.29, 1.82) is 0 Å². The number of rotatable bonds is 7. The van der Waals surface area contributed by atoms with Gasteiger partial charge in [-0.2, -0.15) is 10.2 Å². The van der Waals surface area contributed by atoms with Gasteiger partial charge >= 0.3 is 0 Å². The Balaban J connectivity index is 1.27. The molecule has 4 aromatic rings. The fourth-order valence-electron chi connectivity index (χ4n) is 5.80. The third-order valence-corrected chi connectivity index (χ3v) is 7.99. The Morgan fingerprint density at radius 1 is 1.11 bits per heavy atom. The number of piperazine rings is 1. The number of nitrogens with zero attached hydrogens (tertiary/aromatic N) is 6. The molecule has 1 aliphatic carbocycles. The normalized spacial score (nSPS) is 18.4. The van der Waals surface area contributed by atoms with Crippen molar-refractivity contribution in [3.63, 3.8) is 0 Å². The van der Waals surface area contributed by atoms with E-state index in [4.69, 9.17) is 5.10 Å². The number of anilines is 1. The monoisotopic (exact) mass is 497 g/mol. The van der Waals surface area contributed by atoms with E-state index in [2.05, 4.69) is 74.2 Å². The Labute approximate surface area is 217 Å². The van der Waals surface area contributed by atoms with Crippen molar-refractivity contribution in [2.45, 2.75) is 64.5 Å². The minimum absolute atomic E-state index is 0.0730. The fourth-order valence-corrected chi connectivity index (χ4v) is 5.80. The molecule has 2 aromatic heterocycles. The van der Waals surface area contributed by atoms with Crippen molar-refractivity contribution in [3.05, 3.63) is 71.4 Å². The summed E-state index contributed by atoms with van der Waals surface area (Å²) in [5.74, 6) is 1.97. The molecule has 1 saturated heterocycles. The Morgan fingerprint density at radius 3 is 2.65 bits per heavy atom. The molecule has 192 valence electrons. The molecule has 8 nitrogen and oxygen atoms in total. The highest BCUT2D eigenvalue weighted by Gasteiger charge is 2.32. The van der Waals surface area contributed by atoms with Gasteiger partial charge in [0.15, 0.2) is 5.82 Å². The maximum atomic E-state index is 13.4. The van der Waals surface area contributed by atoms with Crippen LogP contribution < -0.4 is 4.90 Å². The molecule has 0 spiro atoms. The zero-order chi connectivity index (χ0) is 25.4. The molecule has 2 aliphatic rings. The number of carbonyl (C=O) groups excluding carboxylic acids is 1. The van der Waals surface area contributed by atoms with E-state index < -0.39 is 0 Å². The van der Waals surface area contributed by atoms with Crippen LogP contribution in [-0.2, 0) is 24.2 Å². The predicted octanol–water partition coefficient (Wildman–Crippen LogP) is 4.25. The molecule has 0 radical (unpaired) electrons. The summed E-state index contributed by atoms with van der Waals surface area (Å²) in [6.45, 7) is 7.18. The summed E-state index contributed by atoms with van der Waals surface area (Å²) < 4.78 is 2.15. The van der Waals surface area contributed by atoms with Crippen LogP contribution >= 0.6 is 0 Å². The molecule has 1 saturated carbocycles. The quantitative estimate of drug-likeness (QED) is 0.413. The summed E-state index contributed by atoms with van der Waals surface area (Å²) in [5.41, 5.74) is 4.96. The summed E-state index contributed by atoms with van der Waals surface area (Å²) in [6, 6.07) is 17.4. The second-order valence-electron chi connectivity index (χ2n) is 10.4. The number of hydrogen-bond acceptors (Lipinski definition) is 5. The minimum atomic E-state index is 0.0730. The van der Waals surface area contributed by atoms with Gasteiger partial charge in [0.2, 0.25) is 5.91 Å². The molecule has 1 N–H and O–H groups in total. The lowest BCUT2D eigenvalue weighted by Gasteiger charge is -2.42. The number of fused-ring (bicyclic) bond motifs is 1. The molecule has 3 heterocycles. The summed E-state index contributed by atoms with van der Waals surface area (Å²) in [4.78, 5) is 22.2. The molecule has 8 heteroatoms. The lowest BCUT2D eigenvalue weighted by Crippen LogP contribution is -2.56. The number of hydrogen-bond donors (Lipinski definition) is 1. The second kappa shape index (κ2) is 10.00. The highest BCUT2D eigenvalue weighted by atomic mass is 16.2. The molecule has 1 atom stereocenters. The summed E-state index contributed by atoms with van der Waals surface area (Å²) in [6.07, 6.45) is 4.83. The summed E-state index contributed by atoms with van der Waals surface area (Å²) in [5, 5.41) is 13.3. The van der Waals surface area contributed by atoms with Crippen molar-refractivity contribution in [3.8, 4) is 0 Å². The van der Waals surface area contributed by atoms with Gasteiger partial charge in [-0.3, -0.25) is 14.6 Å². The summed E-state index contributed by atoms with van der Waals surface area (Å²) >= 11 is 0. The topological polar surface area (TPSA) is 82.9 Å². The van der Waals surface area contributed by atoms with Crippen LogP contribution in [0.5, 0.6) is 0 Å². The van der Waals surface area contributed by atoms with Crippen LogP contribution in [0.3, 0.4) is 0 Å². The maximum Gasteiger partial charge on any atom is 0.230 e. The SMILES string of the molecule is CCn1nc(C2CCC2)c2cc(N3CCN(C(=O)Cc4n[nH]c(C)n4)C(Cc4ccccc4)C3)ccc21. The lowest BCUT2D eigenvalue weighted by atomic mass is 9.82. The Bertz CT molecular complexity index is 1390. The molecule has 2 fully saturated rings.